The topological polar surface area (TPSA) is 52.0 Å². The average Bonchev–Trinajstić information content (AvgIpc) is 3.04. The Hall–Kier alpha value is -2.96. The Morgan fingerprint density at radius 3 is 1.88 bits per heavy atom. The van der Waals surface area contributed by atoms with Gasteiger partial charge in [0.1, 0.15) is 16.5 Å². The maximum Gasteiger partial charge on any atom is 0.435 e. The average molecular weight is 484 g/mol. The molecule has 0 atom stereocenters. The van der Waals surface area contributed by atoms with Gasteiger partial charge in [-0.05, 0) is 48.9 Å². The van der Waals surface area contributed by atoms with Crippen molar-refractivity contribution in [2.24, 2.45) is 0 Å². The number of hydrogen-bond donors (Lipinski definition) is 0. The molecular weight excluding hydrogens is 472 g/mol. The molecule has 0 radical (unpaired) electrons. The van der Waals surface area contributed by atoms with E-state index in [0.29, 0.717) is 35.2 Å². The molecule has 1 heterocycles. The van der Waals surface area contributed by atoms with Crippen LogP contribution in [0.4, 0.5) is 35.1 Å². The highest BCUT2D eigenvalue weighted by atomic mass is 32.2. The molecule has 172 valence electrons. The molecule has 3 aromatic rings. The van der Waals surface area contributed by atoms with Crippen LogP contribution < -0.4 is 0 Å². The third-order valence-electron chi connectivity index (χ3n) is 4.42. The first-order chi connectivity index (χ1) is 14.5. The highest BCUT2D eigenvalue weighted by Gasteiger charge is 2.36. The SMILES string of the molecule is Cc1cc(-n2nc(C(F)(F)F)cc2-c2cc(F)c(S(C)(=O)=O)c(F)c2)ccc1C(F)(F)F. The van der Waals surface area contributed by atoms with Crippen LogP contribution in [0.5, 0.6) is 0 Å². The van der Waals surface area contributed by atoms with Crippen molar-refractivity contribution in [2.45, 2.75) is 24.2 Å². The molecule has 0 aliphatic carbocycles. The Kier molecular flexibility index (Phi) is 5.61. The van der Waals surface area contributed by atoms with Gasteiger partial charge in [-0.15, -0.1) is 0 Å². The second kappa shape index (κ2) is 7.57. The summed E-state index contributed by atoms with van der Waals surface area (Å²) in [5.41, 5.74) is -4.09. The molecule has 0 spiro atoms. The molecule has 1 aromatic heterocycles. The number of rotatable bonds is 3. The van der Waals surface area contributed by atoms with Gasteiger partial charge in [-0.3, -0.25) is 0 Å². The van der Waals surface area contributed by atoms with Gasteiger partial charge in [-0.2, -0.15) is 31.4 Å². The van der Waals surface area contributed by atoms with Crippen molar-refractivity contribution in [1.29, 1.82) is 0 Å². The molecule has 3 rings (SSSR count). The van der Waals surface area contributed by atoms with E-state index in [2.05, 4.69) is 5.10 Å². The van der Waals surface area contributed by atoms with Crippen LogP contribution in [0.3, 0.4) is 0 Å². The lowest BCUT2D eigenvalue weighted by molar-refractivity contribution is -0.141. The number of aromatic nitrogens is 2. The summed E-state index contributed by atoms with van der Waals surface area (Å²) in [6.07, 6.45) is -9.14. The fourth-order valence-electron chi connectivity index (χ4n) is 3.08. The van der Waals surface area contributed by atoms with Crippen molar-refractivity contribution in [1.82, 2.24) is 9.78 Å². The summed E-state index contributed by atoms with van der Waals surface area (Å²) in [6, 6.07) is 3.86. The van der Waals surface area contributed by atoms with Crippen molar-refractivity contribution in [3.8, 4) is 16.9 Å². The summed E-state index contributed by atoms with van der Waals surface area (Å²) in [7, 11) is -4.33. The lowest BCUT2D eigenvalue weighted by Crippen LogP contribution is -2.10. The van der Waals surface area contributed by atoms with Gasteiger partial charge in [0.25, 0.3) is 0 Å². The summed E-state index contributed by atoms with van der Waals surface area (Å²) in [6.45, 7) is 1.08. The summed E-state index contributed by atoms with van der Waals surface area (Å²) >= 11 is 0. The fourth-order valence-corrected chi connectivity index (χ4v) is 3.91. The molecule has 0 saturated carbocycles. The Bertz CT molecular complexity index is 1280. The largest absolute Gasteiger partial charge is 0.435 e. The van der Waals surface area contributed by atoms with Crippen LogP contribution in [0.1, 0.15) is 16.8 Å². The minimum atomic E-state index is -4.98. The lowest BCUT2D eigenvalue weighted by atomic mass is 10.1. The number of sulfone groups is 1. The van der Waals surface area contributed by atoms with E-state index < -0.39 is 61.2 Å². The van der Waals surface area contributed by atoms with E-state index in [1.807, 2.05) is 0 Å². The summed E-state index contributed by atoms with van der Waals surface area (Å²) in [5, 5.41) is 3.34. The van der Waals surface area contributed by atoms with Gasteiger partial charge in [0, 0.05) is 11.8 Å². The number of alkyl halides is 6. The predicted molar refractivity (Wildman–Crippen MR) is 96.8 cm³/mol. The molecule has 13 heteroatoms. The summed E-state index contributed by atoms with van der Waals surface area (Å²) < 4.78 is 131. The quantitative estimate of drug-likeness (QED) is 0.457. The Morgan fingerprint density at radius 2 is 1.44 bits per heavy atom. The van der Waals surface area contributed by atoms with Crippen LogP contribution >= 0.6 is 0 Å². The molecule has 0 amide bonds. The van der Waals surface area contributed by atoms with Gasteiger partial charge in [-0.25, -0.2) is 21.9 Å². The highest BCUT2D eigenvalue weighted by molar-refractivity contribution is 7.90. The zero-order chi connectivity index (χ0) is 24.2. The first-order valence-electron chi connectivity index (χ1n) is 8.55. The van der Waals surface area contributed by atoms with Gasteiger partial charge in [0.05, 0.1) is 16.9 Å². The second-order valence-corrected chi connectivity index (χ2v) is 8.82. The molecule has 2 aromatic carbocycles. The monoisotopic (exact) mass is 484 g/mol. The van der Waals surface area contributed by atoms with Crippen LogP contribution in [0, 0.1) is 18.6 Å². The molecule has 4 nitrogen and oxygen atoms in total. The number of aryl methyl sites for hydroxylation is 1. The molecule has 0 aliphatic rings. The van der Waals surface area contributed by atoms with E-state index >= 15 is 0 Å². The van der Waals surface area contributed by atoms with Crippen LogP contribution in [-0.4, -0.2) is 24.5 Å². The third-order valence-corrected chi connectivity index (χ3v) is 5.56. The molecule has 0 unspecified atom stereocenters. The predicted octanol–water partition coefficient (Wildman–Crippen LogP) is 5.57. The molecule has 0 fully saturated rings. The van der Waals surface area contributed by atoms with Crippen LogP contribution in [-0.2, 0) is 22.2 Å². The van der Waals surface area contributed by atoms with E-state index in [1.165, 1.54) is 0 Å². The molecule has 32 heavy (non-hydrogen) atoms. The van der Waals surface area contributed by atoms with Crippen molar-refractivity contribution >= 4 is 9.84 Å². The van der Waals surface area contributed by atoms with E-state index in [1.54, 1.807) is 0 Å². The van der Waals surface area contributed by atoms with Gasteiger partial charge < -0.3 is 0 Å². The molecule has 0 N–H and O–H groups in total. The van der Waals surface area contributed by atoms with E-state index in [4.69, 9.17) is 0 Å². The number of halogens is 8. The van der Waals surface area contributed by atoms with Gasteiger partial charge >= 0.3 is 12.4 Å². The number of hydrogen-bond acceptors (Lipinski definition) is 3. The van der Waals surface area contributed by atoms with Crippen LogP contribution in [0.15, 0.2) is 41.3 Å². The van der Waals surface area contributed by atoms with Crippen molar-refractivity contribution in [3.05, 3.63) is 64.9 Å². The van der Waals surface area contributed by atoms with Crippen LogP contribution in [0.25, 0.3) is 16.9 Å². The fraction of sp³-hybridized carbons (Fsp3) is 0.211. The maximum atomic E-state index is 14.3. The molecule has 0 saturated heterocycles. The standard InChI is InChI=1S/C19H12F8N2O2S/c1-9-5-11(3-4-12(9)18(22,23)24)29-15(8-16(28-29)19(25,26)27)10-6-13(20)17(14(21)7-10)32(2,30)31/h3-8H,1-2H3. The van der Waals surface area contributed by atoms with Crippen LogP contribution in [0.2, 0.25) is 0 Å². The highest BCUT2D eigenvalue weighted by Crippen LogP contribution is 2.36. The Balaban J connectivity index is 2.27. The van der Waals surface area contributed by atoms with Gasteiger partial charge in [0.2, 0.25) is 0 Å². The molecular formula is C19H12F8N2O2S. The van der Waals surface area contributed by atoms with Gasteiger partial charge in [-0.1, -0.05) is 0 Å². The van der Waals surface area contributed by atoms with E-state index in [-0.39, 0.29) is 11.3 Å². The normalized spacial score (nSPS) is 12.9. The maximum absolute atomic E-state index is 14.3. The molecule has 0 aliphatic heterocycles. The van der Waals surface area contributed by atoms with E-state index in [9.17, 15) is 43.5 Å². The van der Waals surface area contributed by atoms with Crippen molar-refractivity contribution in [2.75, 3.05) is 6.26 Å². The van der Waals surface area contributed by atoms with Crippen molar-refractivity contribution in [3.63, 3.8) is 0 Å². The third kappa shape index (κ3) is 4.47. The smallest absolute Gasteiger partial charge is 0.232 e. The number of benzene rings is 2. The Labute approximate surface area is 176 Å². The summed E-state index contributed by atoms with van der Waals surface area (Å²) in [5.74, 6) is -3.10. The van der Waals surface area contributed by atoms with Crippen molar-refractivity contribution < 1.29 is 43.5 Å². The van der Waals surface area contributed by atoms with Gasteiger partial charge in [0.15, 0.2) is 15.5 Å². The first kappa shape index (κ1) is 23.7. The number of nitrogens with zero attached hydrogens (tertiary/aromatic N) is 2. The minimum absolute atomic E-state index is 0.242. The second-order valence-electron chi connectivity index (χ2n) is 6.86. The summed E-state index contributed by atoms with van der Waals surface area (Å²) in [4.78, 5) is -1.27. The molecule has 0 bridgehead atoms. The van der Waals surface area contributed by atoms with E-state index in [0.717, 1.165) is 19.1 Å². The zero-order valence-corrected chi connectivity index (χ0v) is 16.9. The Morgan fingerprint density at radius 1 is 0.875 bits per heavy atom. The first-order valence-corrected chi connectivity index (χ1v) is 10.4. The minimum Gasteiger partial charge on any atom is -0.232 e. The lowest BCUT2D eigenvalue weighted by Gasteiger charge is -2.14. The zero-order valence-electron chi connectivity index (χ0n) is 16.1.